The van der Waals surface area contributed by atoms with Crippen molar-refractivity contribution in [1.29, 1.82) is 0 Å². The van der Waals surface area contributed by atoms with Gasteiger partial charge in [0.15, 0.2) is 0 Å². The number of carbonyl (C=O) groups is 1. The fourth-order valence-corrected chi connectivity index (χ4v) is 4.73. The number of methoxy groups -OCH3 is 1. The van der Waals surface area contributed by atoms with E-state index in [0.717, 1.165) is 40.6 Å². The van der Waals surface area contributed by atoms with Gasteiger partial charge in [0.25, 0.3) is 0 Å². The smallest absolute Gasteiger partial charge is 0.224 e. The van der Waals surface area contributed by atoms with Crippen LogP contribution in [0.15, 0.2) is 48.5 Å². The number of benzene rings is 2. The van der Waals surface area contributed by atoms with Gasteiger partial charge in [-0.05, 0) is 49.1 Å². The lowest BCUT2D eigenvalue weighted by molar-refractivity contribution is -0.121. The number of rotatable bonds is 8. The molecule has 1 N–H and O–H groups in total. The molecule has 5 heteroatoms. The first kappa shape index (κ1) is 21.4. The molecule has 1 atom stereocenters. The summed E-state index contributed by atoms with van der Waals surface area (Å²) in [5.41, 5.74) is 3.12. The third-order valence-corrected chi connectivity index (χ3v) is 6.46. The zero-order chi connectivity index (χ0) is 21.6. The van der Waals surface area contributed by atoms with Crippen LogP contribution >= 0.6 is 0 Å². The minimum atomic E-state index is -0.149. The van der Waals surface area contributed by atoms with E-state index in [4.69, 9.17) is 9.72 Å². The Bertz CT molecular complexity index is 1000. The van der Waals surface area contributed by atoms with E-state index < -0.39 is 0 Å². The standard InChI is InChI=1S/C26H33N3O2/c1-19(27-25(30)18-21-12-14-22(31-2)15-13-21)26-28-23-10-6-7-11-24(23)29(26)17-16-20-8-4-3-5-9-20/h6-7,10-15,19-20H,3-5,8-9,16-18H2,1-2H3,(H,27,30). The molecule has 1 aromatic heterocycles. The highest BCUT2D eigenvalue weighted by Gasteiger charge is 2.20. The summed E-state index contributed by atoms with van der Waals surface area (Å²) in [6.45, 7) is 2.99. The van der Waals surface area contributed by atoms with Crippen LogP contribution in [-0.2, 0) is 17.8 Å². The third kappa shape index (κ3) is 5.27. The topological polar surface area (TPSA) is 56.1 Å². The van der Waals surface area contributed by atoms with Gasteiger partial charge >= 0.3 is 0 Å². The first-order valence-electron chi connectivity index (χ1n) is 11.5. The van der Waals surface area contributed by atoms with Crippen molar-refractivity contribution in [1.82, 2.24) is 14.9 Å². The van der Waals surface area contributed by atoms with E-state index in [-0.39, 0.29) is 11.9 Å². The van der Waals surface area contributed by atoms with Gasteiger partial charge in [0.2, 0.25) is 5.91 Å². The van der Waals surface area contributed by atoms with Gasteiger partial charge in [0.1, 0.15) is 11.6 Å². The summed E-state index contributed by atoms with van der Waals surface area (Å²) < 4.78 is 7.52. The molecule has 1 heterocycles. The lowest BCUT2D eigenvalue weighted by Crippen LogP contribution is -2.30. The summed E-state index contributed by atoms with van der Waals surface area (Å²) in [6, 6.07) is 15.8. The average molecular weight is 420 g/mol. The van der Waals surface area contributed by atoms with Crippen LogP contribution in [0.3, 0.4) is 0 Å². The van der Waals surface area contributed by atoms with Crippen molar-refractivity contribution < 1.29 is 9.53 Å². The molecule has 0 spiro atoms. The predicted octanol–water partition coefficient (Wildman–Crippen LogP) is 5.44. The Kier molecular flexibility index (Phi) is 6.90. The molecule has 5 nitrogen and oxygen atoms in total. The molecule has 1 aliphatic rings. The van der Waals surface area contributed by atoms with Gasteiger partial charge in [-0.1, -0.05) is 56.4 Å². The summed E-state index contributed by atoms with van der Waals surface area (Å²) in [5, 5.41) is 3.16. The Morgan fingerprint density at radius 1 is 1.13 bits per heavy atom. The number of aryl methyl sites for hydroxylation is 1. The molecule has 0 aliphatic heterocycles. The van der Waals surface area contributed by atoms with Crippen LogP contribution in [0.1, 0.15) is 62.9 Å². The van der Waals surface area contributed by atoms with Crippen molar-refractivity contribution >= 4 is 16.9 Å². The summed E-state index contributed by atoms with van der Waals surface area (Å²) in [6.07, 6.45) is 8.32. The van der Waals surface area contributed by atoms with Crippen molar-refractivity contribution in [2.24, 2.45) is 5.92 Å². The molecule has 0 saturated heterocycles. The second kappa shape index (κ2) is 9.99. The van der Waals surface area contributed by atoms with Gasteiger partial charge < -0.3 is 14.6 Å². The largest absolute Gasteiger partial charge is 0.497 e. The summed E-state index contributed by atoms with van der Waals surface area (Å²) >= 11 is 0. The number of ether oxygens (including phenoxy) is 1. The van der Waals surface area contributed by atoms with E-state index in [9.17, 15) is 4.79 Å². The second-order valence-electron chi connectivity index (χ2n) is 8.72. The highest BCUT2D eigenvalue weighted by molar-refractivity contribution is 5.79. The maximum atomic E-state index is 12.7. The fourth-order valence-electron chi connectivity index (χ4n) is 4.73. The van der Waals surface area contributed by atoms with E-state index in [0.29, 0.717) is 6.42 Å². The Hall–Kier alpha value is -2.82. The van der Waals surface area contributed by atoms with Gasteiger partial charge in [-0.15, -0.1) is 0 Å². The van der Waals surface area contributed by atoms with Crippen LogP contribution < -0.4 is 10.1 Å². The maximum Gasteiger partial charge on any atom is 0.224 e. The Balaban J connectivity index is 1.46. The first-order valence-corrected chi connectivity index (χ1v) is 11.5. The maximum absolute atomic E-state index is 12.7. The average Bonchev–Trinajstić information content (AvgIpc) is 3.17. The molecule has 1 aliphatic carbocycles. The Morgan fingerprint density at radius 2 is 1.87 bits per heavy atom. The van der Waals surface area contributed by atoms with Gasteiger partial charge in [0.05, 0.1) is 30.6 Å². The summed E-state index contributed by atoms with van der Waals surface area (Å²) in [5.74, 6) is 2.55. The van der Waals surface area contributed by atoms with Crippen LogP contribution in [-0.4, -0.2) is 22.6 Å². The number of imidazole rings is 1. The fraction of sp³-hybridized carbons (Fsp3) is 0.462. The molecule has 164 valence electrons. The normalized spacial score (nSPS) is 15.7. The van der Waals surface area contributed by atoms with E-state index in [1.54, 1.807) is 7.11 Å². The molecule has 4 rings (SSSR count). The van der Waals surface area contributed by atoms with Gasteiger partial charge in [-0.25, -0.2) is 4.98 Å². The molecule has 1 amide bonds. The van der Waals surface area contributed by atoms with Gasteiger partial charge in [-0.2, -0.15) is 0 Å². The number of hydrogen-bond donors (Lipinski definition) is 1. The number of nitrogens with one attached hydrogen (secondary N) is 1. The van der Waals surface area contributed by atoms with Crippen LogP contribution in [0.2, 0.25) is 0 Å². The van der Waals surface area contributed by atoms with Crippen molar-refractivity contribution in [2.45, 2.75) is 64.5 Å². The Labute approximate surface area is 184 Å². The number of aromatic nitrogens is 2. The van der Waals surface area contributed by atoms with E-state index in [2.05, 4.69) is 28.1 Å². The van der Waals surface area contributed by atoms with Crippen molar-refractivity contribution in [3.8, 4) is 5.75 Å². The highest BCUT2D eigenvalue weighted by atomic mass is 16.5. The number of amides is 1. The summed E-state index contributed by atoms with van der Waals surface area (Å²) in [7, 11) is 1.64. The third-order valence-electron chi connectivity index (χ3n) is 6.46. The molecular formula is C26H33N3O2. The molecule has 1 fully saturated rings. The minimum Gasteiger partial charge on any atom is -0.497 e. The van der Waals surface area contributed by atoms with Gasteiger partial charge in [0, 0.05) is 6.54 Å². The lowest BCUT2D eigenvalue weighted by atomic mass is 9.87. The molecule has 1 saturated carbocycles. The zero-order valence-electron chi connectivity index (χ0n) is 18.6. The van der Waals surface area contributed by atoms with E-state index in [1.807, 2.05) is 37.3 Å². The predicted molar refractivity (Wildman–Crippen MR) is 124 cm³/mol. The molecule has 0 bridgehead atoms. The van der Waals surface area contributed by atoms with E-state index >= 15 is 0 Å². The molecule has 0 radical (unpaired) electrons. The summed E-state index contributed by atoms with van der Waals surface area (Å²) in [4.78, 5) is 17.6. The van der Waals surface area contributed by atoms with Crippen molar-refractivity contribution in [3.63, 3.8) is 0 Å². The highest BCUT2D eigenvalue weighted by Crippen LogP contribution is 2.28. The van der Waals surface area contributed by atoms with Crippen LogP contribution in [0.25, 0.3) is 11.0 Å². The van der Waals surface area contributed by atoms with Crippen LogP contribution in [0.5, 0.6) is 5.75 Å². The number of hydrogen-bond acceptors (Lipinski definition) is 3. The molecule has 2 aromatic carbocycles. The second-order valence-corrected chi connectivity index (χ2v) is 8.72. The Morgan fingerprint density at radius 3 is 2.61 bits per heavy atom. The van der Waals surface area contributed by atoms with Gasteiger partial charge in [-0.3, -0.25) is 4.79 Å². The van der Waals surface area contributed by atoms with Crippen LogP contribution in [0, 0.1) is 5.92 Å². The first-order chi connectivity index (χ1) is 15.1. The number of fused-ring (bicyclic) bond motifs is 1. The van der Waals surface area contributed by atoms with E-state index in [1.165, 1.54) is 38.5 Å². The monoisotopic (exact) mass is 419 g/mol. The van der Waals surface area contributed by atoms with Crippen LogP contribution in [0.4, 0.5) is 0 Å². The SMILES string of the molecule is COc1ccc(CC(=O)NC(C)c2nc3ccccc3n2CCC2CCCCC2)cc1. The number of para-hydroxylation sites is 2. The quantitative estimate of drug-likeness (QED) is 0.529. The lowest BCUT2D eigenvalue weighted by Gasteiger charge is -2.23. The molecular weight excluding hydrogens is 386 g/mol. The minimum absolute atomic E-state index is 0.00329. The molecule has 1 unspecified atom stereocenters. The van der Waals surface area contributed by atoms with Crippen molar-refractivity contribution in [3.05, 3.63) is 59.9 Å². The molecule has 31 heavy (non-hydrogen) atoms. The zero-order valence-corrected chi connectivity index (χ0v) is 18.6. The van der Waals surface area contributed by atoms with Crippen molar-refractivity contribution in [2.75, 3.05) is 7.11 Å². The number of nitrogens with zero attached hydrogens (tertiary/aromatic N) is 2. The molecule has 3 aromatic rings. The number of carbonyl (C=O) groups excluding carboxylic acids is 1.